The average molecular weight is 389 g/mol. The Labute approximate surface area is 165 Å². The SMILES string of the molecule is Cc1ccc(C(=O)OCC(=O)Nc2cccc3c2C(=O)c2ccccc2C3=O)o1. The number of furan rings is 1. The summed E-state index contributed by atoms with van der Waals surface area (Å²) in [6.45, 7) is 1.11. The maximum Gasteiger partial charge on any atom is 0.374 e. The number of benzene rings is 2. The van der Waals surface area contributed by atoms with Crippen LogP contribution in [0.25, 0.3) is 0 Å². The van der Waals surface area contributed by atoms with E-state index in [0.717, 1.165) is 0 Å². The molecule has 2 aromatic carbocycles. The number of hydrogen-bond acceptors (Lipinski definition) is 6. The number of carbonyl (C=O) groups excluding carboxylic acids is 4. The van der Waals surface area contributed by atoms with Crippen molar-refractivity contribution in [2.75, 3.05) is 11.9 Å². The second kappa shape index (κ2) is 7.20. The fourth-order valence-electron chi connectivity index (χ4n) is 3.18. The first-order valence-electron chi connectivity index (χ1n) is 8.80. The molecule has 1 aliphatic carbocycles. The van der Waals surface area contributed by atoms with Crippen molar-refractivity contribution < 1.29 is 28.3 Å². The zero-order valence-corrected chi connectivity index (χ0v) is 15.4. The van der Waals surface area contributed by atoms with Crippen molar-refractivity contribution in [3.8, 4) is 0 Å². The first kappa shape index (κ1) is 18.4. The predicted molar refractivity (Wildman–Crippen MR) is 102 cm³/mol. The minimum absolute atomic E-state index is 0.00947. The molecule has 0 saturated heterocycles. The average Bonchev–Trinajstić information content (AvgIpc) is 3.16. The molecule has 1 amide bonds. The molecule has 3 aromatic rings. The van der Waals surface area contributed by atoms with Crippen LogP contribution in [0.15, 0.2) is 59.0 Å². The molecule has 0 spiro atoms. The van der Waals surface area contributed by atoms with Gasteiger partial charge in [0.25, 0.3) is 5.91 Å². The van der Waals surface area contributed by atoms with E-state index in [4.69, 9.17) is 9.15 Å². The molecule has 1 aliphatic rings. The van der Waals surface area contributed by atoms with Gasteiger partial charge < -0.3 is 14.5 Å². The molecule has 1 heterocycles. The minimum atomic E-state index is -0.775. The molecular formula is C22H15NO6. The van der Waals surface area contributed by atoms with Crippen molar-refractivity contribution in [3.05, 3.63) is 88.4 Å². The number of rotatable bonds is 4. The van der Waals surface area contributed by atoms with Gasteiger partial charge >= 0.3 is 5.97 Å². The van der Waals surface area contributed by atoms with Gasteiger partial charge in [-0.1, -0.05) is 36.4 Å². The number of carbonyl (C=O) groups is 4. The molecule has 7 nitrogen and oxygen atoms in total. The van der Waals surface area contributed by atoms with Gasteiger partial charge in [-0.15, -0.1) is 0 Å². The topological polar surface area (TPSA) is 103 Å². The summed E-state index contributed by atoms with van der Waals surface area (Å²) in [4.78, 5) is 49.8. The van der Waals surface area contributed by atoms with Crippen molar-refractivity contribution in [2.45, 2.75) is 6.92 Å². The van der Waals surface area contributed by atoms with Crippen LogP contribution in [0.3, 0.4) is 0 Å². The smallest absolute Gasteiger partial charge is 0.374 e. The molecule has 1 aromatic heterocycles. The molecule has 0 bridgehead atoms. The van der Waals surface area contributed by atoms with Gasteiger partial charge in [-0.2, -0.15) is 0 Å². The van der Waals surface area contributed by atoms with E-state index in [0.29, 0.717) is 11.3 Å². The number of esters is 1. The van der Waals surface area contributed by atoms with Gasteiger partial charge in [-0.3, -0.25) is 14.4 Å². The minimum Gasteiger partial charge on any atom is -0.454 e. The van der Waals surface area contributed by atoms with E-state index in [-0.39, 0.29) is 39.7 Å². The molecule has 7 heteroatoms. The number of anilines is 1. The lowest BCUT2D eigenvalue weighted by atomic mass is 9.83. The van der Waals surface area contributed by atoms with Crippen LogP contribution in [-0.4, -0.2) is 30.0 Å². The summed E-state index contributed by atoms with van der Waals surface area (Å²) in [5.41, 5.74) is 1.14. The number of hydrogen-bond donors (Lipinski definition) is 1. The van der Waals surface area contributed by atoms with E-state index in [1.807, 2.05) is 0 Å². The van der Waals surface area contributed by atoms with Gasteiger partial charge in [-0.05, 0) is 25.1 Å². The summed E-state index contributed by atoms with van der Waals surface area (Å²) in [7, 11) is 0. The number of ether oxygens (including phenoxy) is 1. The Balaban J connectivity index is 1.53. The largest absolute Gasteiger partial charge is 0.454 e. The van der Waals surface area contributed by atoms with Gasteiger partial charge in [0.05, 0.1) is 11.3 Å². The Kier molecular flexibility index (Phi) is 4.56. The van der Waals surface area contributed by atoms with E-state index < -0.39 is 18.5 Å². The lowest BCUT2D eigenvalue weighted by molar-refractivity contribution is -0.119. The second-order valence-electron chi connectivity index (χ2n) is 6.47. The van der Waals surface area contributed by atoms with E-state index in [1.54, 1.807) is 49.4 Å². The molecule has 0 aliphatic heterocycles. The second-order valence-corrected chi connectivity index (χ2v) is 6.47. The predicted octanol–water partition coefficient (Wildman–Crippen LogP) is 3.16. The summed E-state index contributed by atoms with van der Waals surface area (Å²) < 4.78 is 10.1. The zero-order chi connectivity index (χ0) is 20.5. The molecular weight excluding hydrogens is 374 g/mol. The summed E-state index contributed by atoms with van der Waals surface area (Å²) in [6, 6.07) is 14.2. The fraction of sp³-hybridized carbons (Fsp3) is 0.0909. The maximum absolute atomic E-state index is 12.9. The Bertz CT molecular complexity index is 1170. The van der Waals surface area contributed by atoms with Gasteiger partial charge in [0.2, 0.25) is 5.76 Å². The highest BCUT2D eigenvalue weighted by atomic mass is 16.5. The van der Waals surface area contributed by atoms with Crippen molar-refractivity contribution in [3.63, 3.8) is 0 Å². The van der Waals surface area contributed by atoms with E-state index in [1.165, 1.54) is 12.1 Å². The molecule has 0 unspecified atom stereocenters. The van der Waals surface area contributed by atoms with Crippen LogP contribution in [0.1, 0.15) is 48.2 Å². The number of amides is 1. The maximum atomic E-state index is 12.9. The first-order chi connectivity index (χ1) is 14.0. The first-order valence-corrected chi connectivity index (χ1v) is 8.80. The van der Waals surface area contributed by atoms with Crippen LogP contribution in [0, 0.1) is 6.92 Å². The molecule has 4 rings (SSSR count). The highest BCUT2D eigenvalue weighted by Gasteiger charge is 2.31. The van der Waals surface area contributed by atoms with E-state index >= 15 is 0 Å². The van der Waals surface area contributed by atoms with Crippen molar-refractivity contribution in [2.24, 2.45) is 0 Å². The molecule has 0 fully saturated rings. The molecule has 0 atom stereocenters. The number of aryl methyl sites for hydroxylation is 1. The molecule has 0 radical (unpaired) electrons. The van der Waals surface area contributed by atoms with Gasteiger partial charge in [0.1, 0.15) is 5.76 Å². The highest BCUT2D eigenvalue weighted by Crippen LogP contribution is 2.31. The van der Waals surface area contributed by atoms with E-state index in [2.05, 4.69) is 5.32 Å². The van der Waals surface area contributed by atoms with Crippen LogP contribution in [-0.2, 0) is 9.53 Å². The summed E-state index contributed by atoms with van der Waals surface area (Å²) in [5.74, 6) is -1.52. The molecule has 1 N–H and O–H groups in total. The third kappa shape index (κ3) is 3.34. The Morgan fingerprint density at radius 2 is 1.59 bits per heavy atom. The van der Waals surface area contributed by atoms with Crippen molar-refractivity contribution in [1.82, 2.24) is 0 Å². The summed E-state index contributed by atoms with van der Waals surface area (Å²) in [5, 5.41) is 2.54. The Morgan fingerprint density at radius 1 is 0.897 bits per heavy atom. The lowest BCUT2D eigenvalue weighted by Crippen LogP contribution is -2.26. The number of fused-ring (bicyclic) bond motifs is 2. The van der Waals surface area contributed by atoms with Crippen molar-refractivity contribution in [1.29, 1.82) is 0 Å². The van der Waals surface area contributed by atoms with Gasteiger partial charge in [0, 0.05) is 16.7 Å². The van der Waals surface area contributed by atoms with Crippen LogP contribution in [0.5, 0.6) is 0 Å². The quantitative estimate of drug-likeness (QED) is 0.538. The third-order valence-electron chi connectivity index (χ3n) is 4.50. The van der Waals surface area contributed by atoms with Crippen molar-refractivity contribution >= 4 is 29.1 Å². The van der Waals surface area contributed by atoms with Crippen LogP contribution >= 0.6 is 0 Å². The monoisotopic (exact) mass is 389 g/mol. The Morgan fingerprint density at radius 3 is 2.28 bits per heavy atom. The van der Waals surface area contributed by atoms with Crippen LogP contribution < -0.4 is 5.32 Å². The standard InChI is InChI=1S/C22H15NO6/c1-12-9-10-17(29-12)22(27)28-11-18(24)23-16-8-4-7-15-19(16)21(26)14-6-3-2-5-13(14)20(15)25/h2-10H,11H2,1H3,(H,23,24). The Hall–Kier alpha value is -4.00. The fourth-order valence-corrected chi connectivity index (χ4v) is 3.18. The normalized spacial score (nSPS) is 12.2. The molecule has 29 heavy (non-hydrogen) atoms. The third-order valence-corrected chi connectivity index (χ3v) is 4.50. The summed E-state index contributed by atoms with van der Waals surface area (Å²) in [6.07, 6.45) is 0. The van der Waals surface area contributed by atoms with Crippen LogP contribution in [0.4, 0.5) is 5.69 Å². The number of nitrogens with one attached hydrogen (secondary N) is 1. The van der Waals surface area contributed by atoms with Gasteiger partial charge in [0.15, 0.2) is 18.2 Å². The van der Waals surface area contributed by atoms with E-state index in [9.17, 15) is 19.2 Å². The molecule has 144 valence electrons. The lowest BCUT2D eigenvalue weighted by Gasteiger charge is -2.20. The highest BCUT2D eigenvalue weighted by molar-refractivity contribution is 6.30. The number of ketones is 2. The van der Waals surface area contributed by atoms with Crippen LogP contribution in [0.2, 0.25) is 0 Å². The van der Waals surface area contributed by atoms with Gasteiger partial charge in [-0.25, -0.2) is 4.79 Å². The zero-order valence-electron chi connectivity index (χ0n) is 15.4. The summed E-state index contributed by atoms with van der Waals surface area (Å²) >= 11 is 0. The molecule has 0 saturated carbocycles.